The molecule has 2 aromatic rings. The maximum Gasteiger partial charge on any atom is 0.335 e. The normalized spacial score (nSPS) is 11.0. The highest BCUT2D eigenvalue weighted by Crippen LogP contribution is 2.11. The van der Waals surface area contributed by atoms with Gasteiger partial charge in [-0.1, -0.05) is 38.3 Å². The number of imidazole rings is 1. The van der Waals surface area contributed by atoms with E-state index < -0.39 is 5.97 Å². The topological polar surface area (TPSA) is 46.1 Å². The van der Waals surface area contributed by atoms with Gasteiger partial charge in [0.1, 0.15) is 18.4 Å². The monoisotopic (exact) mass is 329 g/mol. The second-order valence-electron chi connectivity index (χ2n) is 6.37. The molecule has 0 atom stereocenters. The molecule has 4 heteroatoms. The summed E-state index contributed by atoms with van der Waals surface area (Å²) >= 11 is 0. The van der Waals surface area contributed by atoms with E-state index in [9.17, 15) is 4.79 Å². The summed E-state index contributed by atoms with van der Waals surface area (Å²) in [6.45, 7) is 8.36. The van der Waals surface area contributed by atoms with Gasteiger partial charge in [0.2, 0.25) is 0 Å². The average molecular weight is 329 g/mol. The summed E-state index contributed by atoms with van der Waals surface area (Å²) in [4.78, 5) is 11.0. The van der Waals surface area contributed by atoms with Gasteiger partial charge in [-0.15, -0.1) is 0 Å². The van der Waals surface area contributed by atoms with Crippen LogP contribution in [0.5, 0.6) is 0 Å². The third-order valence-electron chi connectivity index (χ3n) is 4.54. The van der Waals surface area contributed by atoms with Crippen LogP contribution in [0.4, 0.5) is 0 Å². The van der Waals surface area contributed by atoms with Gasteiger partial charge in [-0.05, 0) is 31.0 Å². The molecule has 0 aliphatic carbocycles. The number of aromatic nitrogens is 2. The molecule has 24 heavy (non-hydrogen) atoms. The molecule has 0 spiro atoms. The van der Waals surface area contributed by atoms with Crippen LogP contribution >= 0.6 is 0 Å². The molecule has 0 unspecified atom stereocenters. The molecule has 1 N–H and O–H groups in total. The summed E-state index contributed by atoms with van der Waals surface area (Å²) in [6.07, 6.45) is 8.35. The van der Waals surface area contributed by atoms with E-state index in [0.29, 0.717) is 5.56 Å². The van der Waals surface area contributed by atoms with Crippen molar-refractivity contribution in [2.45, 2.75) is 66.0 Å². The average Bonchev–Trinajstić information content (AvgIpc) is 2.86. The smallest absolute Gasteiger partial charge is 0.335 e. The molecule has 0 saturated carbocycles. The fraction of sp³-hybridized carbons (Fsp3) is 0.500. The van der Waals surface area contributed by atoms with E-state index in [-0.39, 0.29) is 0 Å². The largest absolute Gasteiger partial charge is 0.478 e. The van der Waals surface area contributed by atoms with Crippen LogP contribution < -0.4 is 4.57 Å². The van der Waals surface area contributed by atoms with Crippen LogP contribution in [0.3, 0.4) is 0 Å². The molecule has 2 rings (SSSR count). The minimum absolute atomic E-state index is 0.339. The Labute approximate surface area is 144 Å². The molecule has 0 saturated heterocycles. The molecule has 130 valence electrons. The Kier molecular flexibility index (Phi) is 6.59. The van der Waals surface area contributed by atoms with E-state index >= 15 is 0 Å². The number of hydrogen-bond acceptors (Lipinski definition) is 1. The fourth-order valence-electron chi connectivity index (χ4n) is 3.24. The highest BCUT2D eigenvalue weighted by Gasteiger charge is 2.19. The van der Waals surface area contributed by atoms with Gasteiger partial charge in [0.15, 0.2) is 0 Å². The summed E-state index contributed by atoms with van der Waals surface area (Å²) in [5, 5.41) is 9.01. The Morgan fingerprint density at radius 2 is 1.83 bits per heavy atom. The number of rotatable bonds is 9. The number of benzene rings is 1. The molecular weight excluding hydrogens is 300 g/mol. The van der Waals surface area contributed by atoms with Crippen molar-refractivity contribution in [1.82, 2.24) is 4.57 Å². The number of hydrogen-bond donors (Lipinski definition) is 1. The lowest BCUT2D eigenvalue weighted by Gasteiger charge is -2.05. The van der Waals surface area contributed by atoms with E-state index in [1.165, 1.54) is 37.2 Å². The summed E-state index contributed by atoms with van der Waals surface area (Å²) in [7, 11) is 0. The molecule has 0 aliphatic rings. The van der Waals surface area contributed by atoms with Crippen molar-refractivity contribution >= 4 is 5.97 Å². The number of unbranched alkanes of at least 4 members (excludes halogenated alkanes) is 3. The zero-order valence-electron chi connectivity index (χ0n) is 15.1. The minimum Gasteiger partial charge on any atom is -0.478 e. The number of carboxylic acid groups (broad SMARTS) is 1. The van der Waals surface area contributed by atoms with Gasteiger partial charge >= 0.3 is 5.97 Å². The lowest BCUT2D eigenvalue weighted by molar-refractivity contribution is -0.695. The predicted octanol–water partition coefficient (Wildman–Crippen LogP) is 3.97. The van der Waals surface area contributed by atoms with Crippen molar-refractivity contribution in [3.05, 3.63) is 53.1 Å². The SMILES string of the molecule is CCCCCCc1n(CC)c(C)c[n+]1Cc1ccc(C(=O)O)cc1. The Hall–Kier alpha value is -2.10. The molecule has 1 aromatic carbocycles. The Balaban J connectivity index is 2.17. The molecule has 0 amide bonds. The number of aryl methyl sites for hydroxylation is 1. The summed E-state index contributed by atoms with van der Waals surface area (Å²) in [5.74, 6) is 0.493. The van der Waals surface area contributed by atoms with E-state index in [1.54, 1.807) is 12.1 Å². The maximum atomic E-state index is 11.0. The zero-order chi connectivity index (χ0) is 17.5. The van der Waals surface area contributed by atoms with Crippen LogP contribution in [0.1, 0.15) is 67.0 Å². The van der Waals surface area contributed by atoms with Crippen LogP contribution in [0.25, 0.3) is 0 Å². The molecule has 0 bridgehead atoms. The van der Waals surface area contributed by atoms with Gasteiger partial charge in [0.25, 0.3) is 5.82 Å². The van der Waals surface area contributed by atoms with Gasteiger partial charge in [0.05, 0.1) is 12.1 Å². The first-order valence-corrected chi connectivity index (χ1v) is 8.97. The van der Waals surface area contributed by atoms with Crippen molar-refractivity contribution in [1.29, 1.82) is 0 Å². The molecule has 4 nitrogen and oxygen atoms in total. The Bertz CT molecular complexity index is 672. The molecule has 0 aliphatic heterocycles. The van der Waals surface area contributed by atoms with E-state index in [2.05, 4.69) is 36.1 Å². The van der Waals surface area contributed by atoms with Crippen LogP contribution in [-0.2, 0) is 19.5 Å². The summed E-state index contributed by atoms with van der Waals surface area (Å²) in [6, 6.07) is 7.19. The van der Waals surface area contributed by atoms with Gasteiger partial charge in [0, 0.05) is 13.3 Å². The number of nitrogens with zero attached hydrogens (tertiary/aromatic N) is 2. The van der Waals surface area contributed by atoms with Crippen LogP contribution in [0, 0.1) is 6.92 Å². The highest BCUT2D eigenvalue weighted by molar-refractivity contribution is 5.87. The van der Waals surface area contributed by atoms with Crippen molar-refractivity contribution in [3.8, 4) is 0 Å². The standard InChI is InChI=1S/C20H28N2O2/c1-4-6-7-8-9-19-21(14-16(3)22(19)5-2)15-17-10-12-18(13-11-17)20(23)24/h10-14H,4-9,15H2,1-3H3/p+1. The zero-order valence-corrected chi connectivity index (χ0v) is 15.1. The van der Waals surface area contributed by atoms with Crippen LogP contribution in [-0.4, -0.2) is 15.6 Å². The quantitative estimate of drug-likeness (QED) is 0.559. The van der Waals surface area contributed by atoms with Crippen LogP contribution in [0.2, 0.25) is 0 Å². The molecule has 0 fully saturated rings. The van der Waals surface area contributed by atoms with Gasteiger partial charge in [-0.2, -0.15) is 0 Å². The lowest BCUT2D eigenvalue weighted by atomic mass is 10.1. The number of carboxylic acids is 1. The molecule has 0 radical (unpaired) electrons. The second kappa shape index (κ2) is 8.67. The molecule has 1 heterocycles. The predicted molar refractivity (Wildman–Crippen MR) is 95.4 cm³/mol. The number of carbonyl (C=O) groups is 1. The number of aromatic carboxylic acids is 1. The van der Waals surface area contributed by atoms with E-state index in [1.807, 2.05) is 12.1 Å². The van der Waals surface area contributed by atoms with Gasteiger partial charge < -0.3 is 5.11 Å². The van der Waals surface area contributed by atoms with Crippen molar-refractivity contribution < 1.29 is 14.5 Å². The van der Waals surface area contributed by atoms with Crippen molar-refractivity contribution in [3.63, 3.8) is 0 Å². The third kappa shape index (κ3) is 4.47. The Morgan fingerprint density at radius 1 is 1.12 bits per heavy atom. The van der Waals surface area contributed by atoms with E-state index in [0.717, 1.165) is 25.1 Å². The lowest BCUT2D eigenvalue weighted by Crippen LogP contribution is -2.37. The maximum absolute atomic E-state index is 11.0. The first-order chi connectivity index (χ1) is 11.6. The molecule has 1 aromatic heterocycles. The Morgan fingerprint density at radius 3 is 2.42 bits per heavy atom. The molecular formula is C20H29N2O2+. The first-order valence-electron chi connectivity index (χ1n) is 8.97. The highest BCUT2D eigenvalue weighted by atomic mass is 16.4. The minimum atomic E-state index is -0.876. The van der Waals surface area contributed by atoms with Crippen LogP contribution in [0.15, 0.2) is 30.5 Å². The third-order valence-corrected chi connectivity index (χ3v) is 4.54. The van der Waals surface area contributed by atoms with Crippen molar-refractivity contribution in [2.24, 2.45) is 0 Å². The van der Waals surface area contributed by atoms with Gasteiger partial charge in [-0.3, -0.25) is 0 Å². The summed E-state index contributed by atoms with van der Waals surface area (Å²) < 4.78 is 4.71. The van der Waals surface area contributed by atoms with Crippen molar-refractivity contribution in [2.75, 3.05) is 0 Å². The van der Waals surface area contributed by atoms with Gasteiger partial charge in [-0.25, -0.2) is 13.9 Å². The second-order valence-corrected chi connectivity index (χ2v) is 6.37. The summed E-state index contributed by atoms with van der Waals surface area (Å²) in [5.41, 5.74) is 2.75. The first kappa shape index (κ1) is 18.2. The van der Waals surface area contributed by atoms with E-state index in [4.69, 9.17) is 5.11 Å². The fourth-order valence-corrected chi connectivity index (χ4v) is 3.24.